The first-order chi connectivity index (χ1) is 7.49. The summed E-state index contributed by atoms with van der Waals surface area (Å²) in [6.45, 7) is 5.82. The average molecular weight is 220 g/mol. The third-order valence-corrected chi connectivity index (χ3v) is 2.63. The lowest BCUT2D eigenvalue weighted by Crippen LogP contribution is -2.40. The number of hydrogen-bond donors (Lipinski definition) is 2. The first-order valence-electron chi connectivity index (χ1n) is 5.36. The van der Waals surface area contributed by atoms with Crippen LogP contribution in [0.4, 0.5) is 11.4 Å². The first-order valence-corrected chi connectivity index (χ1v) is 5.36. The normalized spacial score (nSPS) is 19.0. The second-order valence-corrected chi connectivity index (χ2v) is 4.50. The molecule has 2 rings (SSSR count). The molecule has 1 aliphatic rings. The van der Waals surface area contributed by atoms with Crippen molar-refractivity contribution in [3.8, 4) is 5.75 Å². The van der Waals surface area contributed by atoms with Crippen molar-refractivity contribution in [3.63, 3.8) is 0 Å². The maximum Gasteiger partial charge on any atom is 0.265 e. The summed E-state index contributed by atoms with van der Waals surface area (Å²) in [4.78, 5) is 11.7. The Labute approximate surface area is 94.8 Å². The molecule has 1 aliphatic heterocycles. The van der Waals surface area contributed by atoms with Gasteiger partial charge in [-0.15, -0.1) is 0 Å². The molecule has 1 heterocycles. The monoisotopic (exact) mass is 220 g/mol. The van der Waals surface area contributed by atoms with Gasteiger partial charge in [-0.1, -0.05) is 13.8 Å². The summed E-state index contributed by atoms with van der Waals surface area (Å²) in [6, 6.07) is 3.70. The number of hydrogen-bond acceptors (Lipinski definition) is 3. The van der Waals surface area contributed by atoms with E-state index in [-0.39, 0.29) is 11.8 Å². The van der Waals surface area contributed by atoms with E-state index in [2.05, 4.69) is 5.32 Å². The van der Waals surface area contributed by atoms with Crippen molar-refractivity contribution in [2.75, 3.05) is 11.1 Å². The van der Waals surface area contributed by atoms with E-state index < -0.39 is 6.10 Å². The molecule has 0 fully saturated rings. The third kappa shape index (κ3) is 1.71. The van der Waals surface area contributed by atoms with Gasteiger partial charge in [0, 0.05) is 0 Å². The van der Waals surface area contributed by atoms with E-state index in [4.69, 9.17) is 10.5 Å². The minimum atomic E-state index is -0.461. The van der Waals surface area contributed by atoms with E-state index in [1.807, 2.05) is 32.9 Å². The number of fused-ring (bicyclic) bond motifs is 1. The van der Waals surface area contributed by atoms with Crippen molar-refractivity contribution in [3.05, 3.63) is 17.7 Å². The van der Waals surface area contributed by atoms with Gasteiger partial charge in [-0.2, -0.15) is 0 Å². The van der Waals surface area contributed by atoms with Gasteiger partial charge in [0.15, 0.2) is 11.9 Å². The highest BCUT2D eigenvalue weighted by molar-refractivity contribution is 5.99. The fourth-order valence-electron chi connectivity index (χ4n) is 1.85. The first kappa shape index (κ1) is 10.8. The number of benzene rings is 1. The molecular weight excluding hydrogens is 204 g/mol. The highest BCUT2D eigenvalue weighted by Crippen LogP contribution is 2.37. The third-order valence-electron chi connectivity index (χ3n) is 2.63. The quantitative estimate of drug-likeness (QED) is 0.711. The van der Waals surface area contributed by atoms with E-state index in [0.29, 0.717) is 17.1 Å². The molecule has 3 N–H and O–H groups in total. The molecule has 0 aromatic heterocycles. The highest BCUT2D eigenvalue weighted by Gasteiger charge is 2.31. The average Bonchev–Trinajstić information content (AvgIpc) is 2.15. The van der Waals surface area contributed by atoms with E-state index in [1.165, 1.54) is 0 Å². The molecule has 0 spiro atoms. The number of ether oxygens (including phenoxy) is 1. The van der Waals surface area contributed by atoms with Crippen LogP contribution in [0.15, 0.2) is 12.1 Å². The van der Waals surface area contributed by atoms with Crippen LogP contribution < -0.4 is 15.8 Å². The molecule has 0 saturated carbocycles. The molecular formula is C12H16N2O2. The minimum Gasteiger partial charge on any atom is -0.476 e. The number of anilines is 2. The summed E-state index contributed by atoms with van der Waals surface area (Å²) in [7, 11) is 0. The zero-order valence-corrected chi connectivity index (χ0v) is 9.70. The molecule has 1 aromatic rings. The van der Waals surface area contributed by atoms with Crippen LogP contribution in [0, 0.1) is 12.8 Å². The predicted molar refractivity (Wildman–Crippen MR) is 63.5 cm³/mol. The van der Waals surface area contributed by atoms with Gasteiger partial charge in [0.1, 0.15) is 0 Å². The molecule has 1 atom stereocenters. The fourth-order valence-corrected chi connectivity index (χ4v) is 1.85. The summed E-state index contributed by atoms with van der Waals surface area (Å²) in [5.41, 5.74) is 8.11. The zero-order valence-electron chi connectivity index (χ0n) is 9.70. The highest BCUT2D eigenvalue weighted by atomic mass is 16.5. The lowest BCUT2D eigenvalue weighted by atomic mass is 10.0. The maximum atomic E-state index is 11.7. The van der Waals surface area contributed by atoms with Gasteiger partial charge < -0.3 is 15.8 Å². The number of carbonyl (C=O) groups is 1. The summed E-state index contributed by atoms with van der Waals surface area (Å²) >= 11 is 0. The van der Waals surface area contributed by atoms with Crippen LogP contribution in [0.3, 0.4) is 0 Å². The molecule has 86 valence electrons. The maximum absolute atomic E-state index is 11.7. The Bertz CT molecular complexity index is 441. The molecule has 4 heteroatoms. The van der Waals surface area contributed by atoms with Crippen LogP contribution in [-0.2, 0) is 4.79 Å². The summed E-state index contributed by atoms with van der Waals surface area (Å²) in [5, 5.41) is 2.83. The number of rotatable bonds is 1. The van der Waals surface area contributed by atoms with E-state index >= 15 is 0 Å². The molecule has 16 heavy (non-hydrogen) atoms. The molecule has 0 saturated heterocycles. The summed E-state index contributed by atoms with van der Waals surface area (Å²) < 4.78 is 5.65. The van der Waals surface area contributed by atoms with Crippen molar-refractivity contribution >= 4 is 17.3 Å². The van der Waals surface area contributed by atoms with Crippen molar-refractivity contribution in [1.29, 1.82) is 0 Å². The number of nitrogen functional groups attached to an aromatic ring is 1. The van der Waals surface area contributed by atoms with Gasteiger partial charge in [0.05, 0.1) is 11.4 Å². The predicted octanol–water partition coefficient (Wildman–Crippen LogP) is 1.93. The Morgan fingerprint density at radius 3 is 2.75 bits per heavy atom. The van der Waals surface area contributed by atoms with Gasteiger partial charge in [-0.3, -0.25) is 4.79 Å². The van der Waals surface area contributed by atoms with Gasteiger partial charge in [0.25, 0.3) is 5.91 Å². The lowest BCUT2D eigenvalue weighted by Gasteiger charge is -2.29. The smallest absolute Gasteiger partial charge is 0.265 e. The van der Waals surface area contributed by atoms with E-state index in [1.54, 1.807) is 0 Å². The Hall–Kier alpha value is -1.71. The molecule has 1 unspecified atom stereocenters. The van der Waals surface area contributed by atoms with Crippen LogP contribution in [0.5, 0.6) is 5.75 Å². The van der Waals surface area contributed by atoms with Gasteiger partial charge in [0.2, 0.25) is 0 Å². The van der Waals surface area contributed by atoms with Crippen molar-refractivity contribution in [2.24, 2.45) is 5.92 Å². The van der Waals surface area contributed by atoms with E-state index in [0.717, 1.165) is 5.56 Å². The zero-order chi connectivity index (χ0) is 11.9. The Morgan fingerprint density at radius 1 is 1.44 bits per heavy atom. The lowest BCUT2D eigenvalue weighted by molar-refractivity contribution is -0.125. The van der Waals surface area contributed by atoms with Crippen molar-refractivity contribution < 1.29 is 9.53 Å². The Morgan fingerprint density at radius 2 is 2.12 bits per heavy atom. The molecule has 0 aliphatic carbocycles. The second kappa shape index (κ2) is 3.70. The van der Waals surface area contributed by atoms with Crippen molar-refractivity contribution in [1.82, 2.24) is 0 Å². The second-order valence-electron chi connectivity index (χ2n) is 4.50. The van der Waals surface area contributed by atoms with Gasteiger partial charge in [-0.25, -0.2) is 0 Å². The Balaban J connectivity index is 2.43. The summed E-state index contributed by atoms with van der Waals surface area (Å²) in [5.74, 6) is 0.602. The van der Waals surface area contributed by atoms with Gasteiger partial charge >= 0.3 is 0 Å². The molecule has 0 bridgehead atoms. The van der Waals surface area contributed by atoms with Gasteiger partial charge in [-0.05, 0) is 30.5 Å². The molecule has 0 radical (unpaired) electrons. The van der Waals surface area contributed by atoms with Crippen LogP contribution in [-0.4, -0.2) is 12.0 Å². The molecule has 4 nitrogen and oxygen atoms in total. The number of nitrogens with one attached hydrogen (secondary N) is 1. The number of nitrogens with two attached hydrogens (primary N) is 1. The van der Waals surface area contributed by atoms with E-state index in [9.17, 15) is 4.79 Å². The summed E-state index contributed by atoms with van der Waals surface area (Å²) in [6.07, 6.45) is -0.461. The number of aryl methyl sites for hydroxylation is 1. The number of amides is 1. The fraction of sp³-hybridized carbons (Fsp3) is 0.417. The minimum absolute atomic E-state index is 0.104. The molecule has 1 aromatic carbocycles. The SMILES string of the molecule is Cc1cc(N)c2c(c1)NC(=O)C(C(C)C)O2. The van der Waals surface area contributed by atoms with Crippen molar-refractivity contribution in [2.45, 2.75) is 26.9 Å². The largest absolute Gasteiger partial charge is 0.476 e. The van der Waals surface area contributed by atoms with Crippen LogP contribution in [0.1, 0.15) is 19.4 Å². The number of carbonyl (C=O) groups excluding carboxylic acids is 1. The Kier molecular flexibility index (Phi) is 2.50. The molecule has 1 amide bonds. The standard InChI is InChI=1S/C12H16N2O2/c1-6(2)10-12(15)14-9-5-7(3)4-8(13)11(9)16-10/h4-6,10H,13H2,1-3H3,(H,14,15). The topological polar surface area (TPSA) is 64.3 Å². The van der Waals surface area contributed by atoms with Crippen LogP contribution >= 0.6 is 0 Å². The van der Waals surface area contributed by atoms with Crippen LogP contribution in [0.25, 0.3) is 0 Å². The van der Waals surface area contributed by atoms with Crippen LogP contribution in [0.2, 0.25) is 0 Å².